The van der Waals surface area contributed by atoms with Crippen LogP contribution in [-0.2, 0) is 4.79 Å². The van der Waals surface area contributed by atoms with Crippen molar-refractivity contribution in [2.45, 2.75) is 32.6 Å². The minimum atomic E-state index is 0.273. The fourth-order valence-electron chi connectivity index (χ4n) is 1.55. The second kappa shape index (κ2) is 3.00. The summed E-state index contributed by atoms with van der Waals surface area (Å²) in [4.78, 5) is 10.1. The zero-order valence-corrected chi connectivity index (χ0v) is 5.89. The van der Waals surface area contributed by atoms with Crippen molar-refractivity contribution in [2.75, 3.05) is 0 Å². The average molecular weight is 125 g/mol. The summed E-state index contributed by atoms with van der Waals surface area (Å²) in [5, 5.41) is 0. The van der Waals surface area contributed by atoms with Crippen LogP contribution in [0.4, 0.5) is 0 Å². The van der Waals surface area contributed by atoms with Gasteiger partial charge in [0, 0.05) is 5.92 Å². The van der Waals surface area contributed by atoms with Gasteiger partial charge in [0.1, 0.15) is 0 Å². The number of hydrogen-bond acceptors (Lipinski definition) is 1. The van der Waals surface area contributed by atoms with Crippen LogP contribution < -0.4 is 0 Å². The largest absolute Gasteiger partial charge is 0.291 e. The zero-order chi connectivity index (χ0) is 6.69. The SMILES string of the molecule is CCC1CCC([C]=O)C1. The minimum absolute atomic E-state index is 0.273. The van der Waals surface area contributed by atoms with E-state index in [1.165, 1.54) is 12.8 Å². The first-order valence-electron chi connectivity index (χ1n) is 3.74. The smallest absolute Gasteiger partial charge is 0.201 e. The van der Waals surface area contributed by atoms with Crippen LogP contribution in [0, 0.1) is 11.8 Å². The van der Waals surface area contributed by atoms with Gasteiger partial charge in [-0.1, -0.05) is 13.3 Å². The van der Waals surface area contributed by atoms with Crippen molar-refractivity contribution in [3.63, 3.8) is 0 Å². The second-order valence-corrected chi connectivity index (χ2v) is 2.90. The molecule has 1 aliphatic rings. The maximum atomic E-state index is 10.1. The van der Waals surface area contributed by atoms with Gasteiger partial charge in [-0.05, 0) is 25.2 Å². The summed E-state index contributed by atoms with van der Waals surface area (Å²) in [7, 11) is 0. The highest BCUT2D eigenvalue weighted by Crippen LogP contribution is 2.31. The van der Waals surface area contributed by atoms with Gasteiger partial charge in [-0.3, -0.25) is 4.79 Å². The average Bonchev–Trinajstić information content (AvgIpc) is 2.34. The lowest BCUT2D eigenvalue weighted by Gasteiger charge is -2.01. The predicted molar refractivity (Wildman–Crippen MR) is 36.8 cm³/mol. The van der Waals surface area contributed by atoms with E-state index in [0.29, 0.717) is 0 Å². The summed E-state index contributed by atoms with van der Waals surface area (Å²) < 4.78 is 0. The van der Waals surface area contributed by atoms with E-state index in [2.05, 4.69) is 13.2 Å². The van der Waals surface area contributed by atoms with Crippen molar-refractivity contribution in [1.82, 2.24) is 0 Å². The van der Waals surface area contributed by atoms with Gasteiger partial charge in [-0.15, -0.1) is 0 Å². The van der Waals surface area contributed by atoms with Crippen molar-refractivity contribution in [2.24, 2.45) is 11.8 Å². The minimum Gasteiger partial charge on any atom is -0.291 e. The Morgan fingerprint density at radius 1 is 1.56 bits per heavy atom. The van der Waals surface area contributed by atoms with E-state index < -0.39 is 0 Å². The van der Waals surface area contributed by atoms with Gasteiger partial charge in [0.05, 0.1) is 0 Å². The molecule has 1 aliphatic carbocycles. The summed E-state index contributed by atoms with van der Waals surface area (Å²) in [6.45, 7) is 2.19. The van der Waals surface area contributed by atoms with E-state index in [-0.39, 0.29) is 5.92 Å². The summed E-state index contributed by atoms with van der Waals surface area (Å²) in [6.07, 6.45) is 6.74. The molecular formula is C8H13O. The molecule has 1 saturated carbocycles. The monoisotopic (exact) mass is 125 g/mol. The molecule has 0 N–H and O–H groups in total. The van der Waals surface area contributed by atoms with Gasteiger partial charge < -0.3 is 0 Å². The molecule has 2 atom stereocenters. The molecule has 0 amide bonds. The van der Waals surface area contributed by atoms with E-state index in [4.69, 9.17) is 0 Å². The van der Waals surface area contributed by atoms with E-state index in [1.54, 1.807) is 0 Å². The fraction of sp³-hybridized carbons (Fsp3) is 0.875. The Morgan fingerprint density at radius 2 is 2.33 bits per heavy atom. The highest BCUT2D eigenvalue weighted by molar-refractivity contribution is 5.54. The Kier molecular flexibility index (Phi) is 2.26. The lowest BCUT2D eigenvalue weighted by Crippen LogP contribution is -1.95. The molecule has 1 rings (SSSR count). The Balaban J connectivity index is 2.28. The molecule has 0 aromatic heterocycles. The van der Waals surface area contributed by atoms with E-state index in [1.807, 2.05) is 0 Å². The number of carbonyl (C=O) groups excluding carboxylic acids is 1. The molecular weight excluding hydrogens is 112 g/mol. The summed E-state index contributed by atoms with van der Waals surface area (Å²) in [5.41, 5.74) is 0. The van der Waals surface area contributed by atoms with Crippen molar-refractivity contribution in [1.29, 1.82) is 0 Å². The van der Waals surface area contributed by atoms with Crippen molar-refractivity contribution in [3.05, 3.63) is 0 Å². The van der Waals surface area contributed by atoms with E-state index >= 15 is 0 Å². The first kappa shape index (κ1) is 6.79. The third kappa shape index (κ3) is 1.54. The Hall–Kier alpha value is -0.330. The van der Waals surface area contributed by atoms with Gasteiger partial charge >= 0.3 is 0 Å². The van der Waals surface area contributed by atoms with Crippen LogP contribution in [0.1, 0.15) is 32.6 Å². The number of hydrogen-bond donors (Lipinski definition) is 0. The molecule has 0 aliphatic heterocycles. The first-order chi connectivity index (χ1) is 4.36. The lowest BCUT2D eigenvalue weighted by atomic mass is 10.0. The van der Waals surface area contributed by atoms with Crippen molar-refractivity contribution in [3.8, 4) is 0 Å². The summed E-state index contributed by atoms with van der Waals surface area (Å²) in [6, 6.07) is 0. The maximum absolute atomic E-state index is 10.1. The van der Waals surface area contributed by atoms with E-state index in [0.717, 1.165) is 18.8 Å². The highest BCUT2D eigenvalue weighted by Gasteiger charge is 2.22. The molecule has 1 radical (unpaired) electrons. The maximum Gasteiger partial charge on any atom is 0.201 e. The topological polar surface area (TPSA) is 17.1 Å². The summed E-state index contributed by atoms with van der Waals surface area (Å²) in [5.74, 6) is 1.09. The number of rotatable bonds is 2. The van der Waals surface area contributed by atoms with Crippen LogP contribution in [0.5, 0.6) is 0 Å². The third-order valence-electron chi connectivity index (χ3n) is 2.29. The van der Waals surface area contributed by atoms with Crippen molar-refractivity contribution >= 4 is 6.29 Å². The highest BCUT2D eigenvalue weighted by atomic mass is 16.1. The predicted octanol–water partition coefficient (Wildman–Crippen LogP) is 1.92. The van der Waals surface area contributed by atoms with Gasteiger partial charge in [0.15, 0.2) is 0 Å². The van der Waals surface area contributed by atoms with E-state index in [9.17, 15) is 4.79 Å². The van der Waals surface area contributed by atoms with Crippen LogP contribution in [0.15, 0.2) is 0 Å². The molecule has 9 heavy (non-hydrogen) atoms. The molecule has 0 aromatic carbocycles. The molecule has 51 valence electrons. The van der Waals surface area contributed by atoms with Crippen LogP contribution in [-0.4, -0.2) is 6.29 Å². The van der Waals surface area contributed by atoms with Crippen LogP contribution in [0.3, 0.4) is 0 Å². The Bertz CT molecular complexity index is 98.7. The standard InChI is InChI=1S/C8H13O/c1-2-7-3-4-8(5-7)6-9/h7-8H,2-5H2,1H3. The van der Waals surface area contributed by atoms with Crippen molar-refractivity contribution < 1.29 is 4.79 Å². The Labute approximate surface area is 56.4 Å². The molecule has 0 saturated heterocycles. The molecule has 2 unspecified atom stereocenters. The normalized spacial score (nSPS) is 34.8. The molecule has 0 aromatic rings. The molecule has 1 nitrogen and oxygen atoms in total. The third-order valence-corrected chi connectivity index (χ3v) is 2.29. The second-order valence-electron chi connectivity index (χ2n) is 2.90. The molecule has 0 spiro atoms. The quantitative estimate of drug-likeness (QED) is 0.551. The molecule has 1 fully saturated rings. The van der Waals surface area contributed by atoms with Gasteiger partial charge in [0.2, 0.25) is 6.29 Å². The molecule has 0 bridgehead atoms. The molecule has 0 heterocycles. The van der Waals surface area contributed by atoms with Crippen LogP contribution in [0.25, 0.3) is 0 Å². The van der Waals surface area contributed by atoms with Gasteiger partial charge in [-0.25, -0.2) is 0 Å². The summed E-state index contributed by atoms with van der Waals surface area (Å²) >= 11 is 0. The first-order valence-corrected chi connectivity index (χ1v) is 3.74. The molecule has 1 heteroatoms. The Morgan fingerprint density at radius 3 is 2.67 bits per heavy atom. The van der Waals surface area contributed by atoms with Crippen LogP contribution >= 0.6 is 0 Å². The fourth-order valence-corrected chi connectivity index (χ4v) is 1.55. The van der Waals surface area contributed by atoms with Gasteiger partial charge in [-0.2, -0.15) is 0 Å². The van der Waals surface area contributed by atoms with Crippen LogP contribution in [0.2, 0.25) is 0 Å². The van der Waals surface area contributed by atoms with Gasteiger partial charge in [0.25, 0.3) is 0 Å². The zero-order valence-electron chi connectivity index (χ0n) is 5.89. The lowest BCUT2D eigenvalue weighted by molar-refractivity contribution is 0.496.